The molecule has 0 atom stereocenters. The maximum absolute atomic E-state index is 10.8. The fourth-order valence-corrected chi connectivity index (χ4v) is 0.781. The first-order valence-electron chi connectivity index (χ1n) is 9.95. The number of nitrogens with zero attached hydrogens (tertiary/aromatic N) is 1. The van der Waals surface area contributed by atoms with Gasteiger partial charge in [0, 0.05) is 30.8 Å². The van der Waals surface area contributed by atoms with E-state index in [0.717, 1.165) is 6.54 Å². The molecule has 0 unspecified atom stereocenters. The van der Waals surface area contributed by atoms with Crippen molar-refractivity contribution in [1.29, 1.82) is 0 Å². The van der Waals surface area contributed by atoms with Crippen molar-refractivity contribution in [2.75, 3.05) is 40.3 Å². The molecule has 0 rings (SSSR count). The van der Waals surface area contributed by atoms with Crippen LogP contribution < -0.4 is 11.1 Å². The van der Waals surface area contributed by atoms with Gasteiger partial charge in [0.1, 0.15) is 6.61 Å². The normalized spacial score (nSPS) is 8.69. The number of nitrogens with one attached hydrogen (secondary N) is 1. The van der Waals surface area contributed by atoms with Crippen LogP contribution in [0.25, 0.3) is 0 Å². The van der Waals surface area contributed by atoms with Crippen molar-refractivity contribution in [3.63, 3.8) is 0 Å². The molecular formula is C24H43N3O5. The average Bonchev–Trinajstić information content (AvgIpc) is 2.66. The third kappa shape index (κ3) is 34.7. The van der Waals surface area contributed by atoms with Crippen LogP contribution in [0, 0.1) is 0 Å². The van der Waals surface area contributed by atoms with Crippen molar-refractivity contribution >= 4 is 23.4 Å². The van der Waals surface area contributed by atoms with Gasteiger partial charge in [0.05, 0.1) is 0 Å². The van der Waals surface area contributed by atoms with Crippen molar-refractivity contribution < 1.29 is 23.9 Å². The number of likely N-dealkylation sites (N-methyl/N-ethyl adjacent to an activating group) is 1. The largest absolute Gasteiger partial charge is 0.461 e. The van der Waals surface area contributed by atoms with Crippen molar-refractivity contribution in [2.45, 2.75) is 41.5 Å². The van der Waals surface area contributed by atoms with E-state index < -0.39 is 0 Å². The number of hydrogen-bond donors (Lipinski definition) is 2. The number of ether oxygens (including phenoxy) is 1. The number of Topliss-reactive ketones (excluding diaryl/α,β-unsaturated/α-hetero) is 2. The topological polar surface area (TPSA) is 119 Å². The summed E-state index contributed by atoms with van der Waals surface area (Å²) in [5, 5.41) is 2.57. The van der Waals surface area contributed by atoms with E-state index in [1.54, 1.807) is 27.7 Å². The lowest BCUT2D eigenvalue weighted by molar-refractivity contribution is -0.139. The van der Waals surface area contributed by atoms with Gasteiger partial charge >= 0.3 is 5.97 Å². The summed E-state index contributed by atoms with van der Waals surface area (Å²) in [4.78, 5) is 43.5. The number of nitrogens with two attached hydrogens (primary N) is 1. The highest BCUT2D eigenvalue weighted by molar-refractivity contribution is 5.92. The van der Waals surface area contributed by atoms with Gasteiger partial charge < -0.3 is 20.7 Å². The van der Waals surface area contributed by atoms with Crippen molar-refractivity contribution in [3.05, 3.63) is 48.6 Å². The summed E-state index contributed by atoms with van der Waals surface area (Å²) in [7, 11) is 3.85. The number of ketones is 2. The number of hydrogen-bond acceptors (Lipinski definition) is 7. The smallest absolute Gasteiger partial charge is 0.333 e. The zero-order valence-electron chi connectivity index (χ0n) is 21.2. The van der Waals surface area contributed by atoms with Gasteiger partial charge in [0.2, 0.25) is 5.91 Å². The summed E-state index contributed by atoms with van der Waals surface area (Å²) in [5.41, 5.74) is 7.34. The van der Waals surface area contributed by atoms with Crippen LogP contribution in [0.15, 0.2) is 48.6 Å². The zero-order valence-corrected chi connectivity index (χ0v) is 21.2. The summed E-state index contributed by atoms with van der Waals surface area (Å²) < 4.78 is 4.83. The molecule has 32 heavy (non-hydrogen) atoms. The molecule has 0 radical (unpaired) electrons. The Labute approximate surface area is 194 Å². The third-order valence-electron chi connectivity index (χ3n) is 3.14. The van der Waals surface area contributed by atoms with Gasteiger partial charge in [-0.1, -0.05) is 26.3 Å². The Morgan fingerprint density at radius 1 is 0.781 bits per heavy atom. The fourth-order valence-electron chi connectivity index (χ4n) is 0.781. The van der Waals surface area contributed by atoms with Crippen LogP contribution >= 0.6 is 0 Å². The van der Waals surface area contributed by atoms with Crippen LogP contribution in [-0.4, -0.2) is 68.7 Å². The Hall–Kier alpha value is -2.84. The molecule has 0 fully saturated rings. The van der Waals surface area contributed by atoms with Crippen molar-refractivity contribution in [3.8, 4) is 0 Å². The minimum Gasteiger partial charge on any atom is -0.461 e. The Bertz CT molecular complexity index is 617. The Morgan fingerprint density at radius 2 is 1.16 bits per heavy atom. The molecule has 8 heteroatoms. The molecule has 3 N–H and O–H groups in total. The molecule has 0 aliphatic rings. The minimum atomic E-state index is -0.313. The second-order valence-corrected chi connectivity index (χ2v) is 7.22. The molecule has 1 amide bonds. The average molecular weight is 454 g/mol. The molecule has 0 aromatic rings. The first-order valence-corrected chi connectivity index (χ1v) is 9.95. The molecular weight excluding hydrogens is 410 g/mol. The molecule has 0 heterocycles. The molecule has 0 aromatic heterocycles. The summed E-state index contributed by atoms with van der Waals surface area (Å²) >= 11 is 0. The minimum absolute atomic E-state index is 0.0648. The van der Waals surface area contributed by atoms with E-state index in [0.29, 0.717) is 42.0 Å². The van der Waals surface area contributed by atoms with E-state index in [1.165, 1.54) is 13.8 Å². The van der Waals surface area contributed by atoms with Gasteiger partial charge in [0.15, 0.2) is 11.6 Å². The Balaban J connectivity index is -0.000000169. The van der Waals surface area contributed by atoms with Gasteiger partial charge in [-0.05, 0) is 66.8 Å². The molecule has 0 saturated carbocycles. The predicted octanol–water partition coefficient (Wildman–Crippen LogP) is 2.61. The first-order chi connectivity index (χ1) is 14.5. The molecule has 184 valence electrons. The fraction of sp³-hybridized carbons (Fsp3) is 0.500. The highest BCUT2D eigenvalue weighted by Crippen LogP contribution is 1.91. The number of allylic oxidation sites excluding steroid dienone is 2. The van der Waals surface area contributed by atoms with Crippen LogP contribution in [-0.2, 0) is 23.9 Å². The van der Waals surface area contributed by atoms with Gasteiger partial charge in [-0.3, -0.25) is 14.4 Å². The highest BCUT2D eigenvalue weighted by atomic mass is 16.5. The summed E-state index contributed by atoms with van der Waals surface area (Å²) in [6, 6.07) is 0. The van der Waals surface area contributed by atoms with Gasteiger partial charge in [0.25, 0.3) is 0 Å². The molecule has 0 saturated heterocycles. The lowest BCUT2D eigenvalue weighted by Crippen LogP contribution is -2.29. The van der Waals surface area contributed by atoms with Crippen LogP contribution in [0.1, 0.15) is 41.5 Å². The highest BCUT2D eigenvalue weighted by Gasteiger charge is 2.01. The number of amides is 1. The van der Waals surface area contributed by atoms with Gasteiger partial charge in [-0.2, -0.15) is 0 Å². The van der Waals surface area contributed by atoms with Gasteiger partial charge in [-0.15, -0.1) is 0 Å². The third-order valence-corrected chi connectivity index (χ3v) is 3.14. The van der Waals surface area contributed by atoms with Crippen LogP contribution in [0.4, 0.5) is 0 Å². The predicted molar refractivity (Wildman–Crippen MR) is 132 cm³/mol. The monoisotopic (exact) mass is 453 g/mol. The molecule has 0 aliphatic heterocycles. The number of rotatable bonds is 9. The molecule has 0 spiro atoms. The van der Waals surface area contributed by atoms with E-state index in [2.05, 4.69) is 31.6 Å². The van der Waals surface area contributed by atoms with E-state index in [-0.39, 0.29) is 23.4 Å². The lowest BCUT2D eigenvalue weighted by atomic mass is 10.3. The summed E-state index contributed by atoms with van der Waals surface area (Å²) in [6.07, 6.45) is 0. The van der Waals surface area contributed by atoms with Crippen LogP contribution in [0.2, 0.25) is 0 Å². The number of esters is 1. The maximum atomic E-state index is 10.8. The van der Waals surface area contributed by atoms with E-state index in [4.69, 9.17) is 10.5 Å². The van der Waals surface area contributed by atoms with Crippen molar-refractivity contribution in [1.82, 2.24) is 10.2 Å². The quantitative estimate of drug-likeness (QED) is 0.407. The van der Waals surface area contributed by atoms with E-state index >= 15 is 0 Å². The lowest BCUT2D eigenvalue weighted by Gasteiger charge is -2.09. The molecule has 0 aliphatic carbocycles. The maximum Gasteiger partial charge on any atom is 0.333 e. The van der Waals surface area contributed by atoms with E-state index in [1.807, 2.05) is 19.0 Å². The second kappa shape index (κ2) is 22.8. The van der Waals surface area contributed by atoms with Gasteiger partial charge in [-0.25, -0.2) is 4.79 Å². The Morgan fingerprint density at radius 3 is 1.38 bits per heavy atom. The second-order valence-electron chi connectivity index (χ2n) is 7.22. The number of carbonyl (C=O) groups excluding carboxylic acids is 4. The molecule has 0 bridgehead atoms. The Kier molecular flexibility index (Phi) is 26.1. The summed E-state index contributed by atoms with van der Waals surface area (Å²) in [5.74, 6) is -0.308. The van der Waals surface area contributed by atoms with E-state index in [9.17, 15) is 19.2 Å². The molecule has 0 aromatic carbocycles. The standard InChI is InChI=1S/C8H15NO2.C6H12N2O.2C5H8O/c1-7(2)8(10)11-6-5-9(3)4;1-5(2)6(9)8-4-3-7;2*1-4(2)5(3)6/h1,5-6H2,2-4H3;1,3-4,7H2,2H3,(H,8,9);2*1H2,2-3H3. The first kappa shape index (κ1) is 36.5. The molecule has 8 nitrogen and oxygen atoms in total. The van der Waals surface area contributed by atoms with Crippen molar-refractivity contribution in [2.24, 2.45) is 5.73 Å². The zero-order chi connectivity index (χ0) is 26.4. The summed E-state index contributed by atoms with van der Waals surface area (Å²) in [6.45, 7) is 25.6. The number of carbonyl (C=O) groups is 4. The van der Waals surface area contributed by atoms with Crippen LogP contribution in [0.3, 0.4) is 0 Å². The van der Waals surface area contributed by atoms with Crippen LogP contribution in [0.5, 0.6) is 0 Å². The SMILES string of the molecule is C=C(C)C(=O)NCCN.C=C(C)C(=O)OCCN(C)C.C=C(C)C(C)=O.C=C(C)C(C)=O.